The van der Waals surface area contributed by atoms with Crippen LogP contribution in [0.5, 0.6) is 0 Å². The Hall–Kier alpha value is -5.34. The molecule has 0 saturated heterocycles. The van der Waals surface area contributed by atoms with Crippen molar-refractivity contribution in [2.75, 3.05) is 9.80 Å². The fraction of sp³-hybridized carbons (Fsp3) is 0.116. The smallest absolute Gasteiger partial charge is 0.0464 e. The number of aryl methyl sites for hydroxylation is 1. The molecule has 2 nitrogen and oxygen atoms in total. The maximum Gasteiger partial charge on any atom is 0.0464 e. The quantitative estimate of drug-likeness (QED) is 0.174. The summed E-state index contributed by atoms with van der Waals surface area (Å²) in [6, 6.07) is 55.7. The normalized spacial score (nSPS) is 9.98. The van der Waals surface area contributed by atoms with Gasteiger partial charge in [-0.05, 0) is 102 Å². The van der Waals surface area contributed by atoms with Gasteiger partial charge in [0, 0.05) is 34.1 Å². The maximum absolute atomic E-state index is 3.89. The predicted molar refractivity (Wildman–Crippen MR) is 199 cm³/mol. The minimum atomic E-state index is 1.11. The molecule has 6 aromatic carbocycles. The summed E-state index contributed by atoms with van der Waals surface area (Å²) in [5.74, 6) is 0. The van der Waals surface area contributed by atoms with E-state index >= 15 is 0 Å². The molecular formula is C43H44N2. The zero-order valence-electron chi connectivity index (χ0n) is 27.2. The van der Waals surface area contributed by atoms with Gasteiger partial charge in [0.1, 0.15) is 0 Å². The fourth-order valence-electron chi connectivity index (χ4n) is 5.18. The van der Waals surface area contributed by atoms with E-state index in [9.17, 15) is 0 Å². The van der Waals surface area contributed by atoms with Gasteiger partial charge < -0.3 is 9.80 Å². The minimum Gasteiger partial charge on any atom is -0.311 e. The zero-order valence-corrected chi connectivity index (χ0v) is 27.2. The number of anilines is 6. The number of para-hydroxylation sites is 2. The lowest BCUT2D eigenvalue weighted by Crippen LogP contribution is -2.10. The lowest BCUT2D eigenvalue weighted by molar-refractivity contribution is 1.27. The Morgan fingerprint density at radius 2 is 0.756 bits per heavy atom. The van der Waals surface area contributed by atoms with Crippen molar-refractivity contribution in [1.82, 2.24) is 0 Å². The van der Waals surface area contributed by atoms with E-state index in [1.807, 2.05) is 39.8 Å². The van der Waals surface area contributed by atoms with Crippen molar-refractivity contribution in [2.24, 2.45) is 0 Å². The van der Waals surface area contributed by atoms with Crippen LogP contribution in [0.2, 0.25) is 0 Å². The maximum atomic E-state index is 3.89. The summed E-state index contributed by atoms with van der Waals surface area (Å²) in [4.78, 5) is 4.58. The van der Waals surface area contributed by atoms with E-state index in [0.717, 1.165) is 39.7 Å². The van der Waals surface area contributed by atoms with Gasteiger partial charge in [0.25, 0.3) is 0 Å². The SMILES string of the molecule is C=Cc1ccc(N(c2ccccc2)c2ccc(-c3ccc(N(c4ccccc4)c4cccc(C)c4)cc3)cc2)cc1.CC.CC. The van der Waals surface area contributed by atoms with Gasteiger partial charge in [-0.15, -0.1) is 0 Å². The van der Waals surface area contributed by atoms with E-state index in [-0.39, 0.29) is 0 Å². The highest BCUT2D eigenvalue weighted by atomic mass is 15.1. The van der Waals surface area contributed by atoms with E-state index in [4.69, 9.17) is 0 Å². The molecule has 0 saturated carbocycles. The molecule has 0 spiro atoms. The molecule has 0 fully saturated rings. The Morgan fingerprint density at radius 3 is 1.16 bits per heavy atom. The van der Waals surface area contributed by atoms with Gasteiger partial charge in [0.15, 0.2) is 0 Å². The van der Waals surface area contributed by atoms with Crippen LogP contribution < -0.4 is 9.80 Å². The zero-order chi connectivity index (χ0) is 32.0. The van der Waals surface area contributed by atoms with E-state index < -0.39 is 0 Å². The summed E-state index contributed by atoms with van der Waals surface area (Å²) < 4.78 is 0. The van der Waals surface area contributed by atoms with E-state index in [2.05, 4.69) is 175 Å². The van der Waals surface area contributed by atoms with Crippen LogP contribution in [-0.4, -0.2) is 0 Å². The summed E-state index contributed by atoms with van der Waals surface area (Å²) in [6.45, 7) is 14.0. The van der Waals surface area contributed by atoms with Crippen molar-refractivity contribution in [1.29, 1.82) is 0 Å². The Kier molecular flexibility index (Phi) is 11.9. The molecule has 0 unspecified atom stereocenters. The monoisotopic (exact) mass is 588 g/mol. The summed E-state index contributed by atoms with van der Waals surface area (Å²) in [7, 11) is 0. The molecule has 0 bridgehead atoms. The van der Waals surface area contributed by atoms with Gasteiger partial charge in [-0.3, -0.25) is 0 Å². The van der Waals surface area contributed by atoms with Crippen LogP contribution in [0.25, 0.3) is 17.2 Å². The van der Waals surface area contributed by atoms with Gasteiger partial charge in [-0.2, -0.15) is 0 Å². The molecule has 0 aliphatic rings. The standard InChI is InChI=1S/C39H32N2.2C2H6/c1-3-31-17-23-36(24-18-31)40(34-12-6-4-7-13-34)37-25-19-32(20-26-37)33-21-27-38(28-22-33)41(35-14-8-5-9-15-35)39-16-10-11-30(2)29-39;2*1-2/h3-29H,1H2,2H3;2*1-2H3. The number of nitrogens with zero attached hydrogens (tertiary/aromatic N) is 2. The molecule has 6 aromatic rings. The molecule has 0 aliphatic heterocycles. The lowest BCUT2D eigenvalue weighted by atomic mass is 10.0. The van der Waals surface area contributed by atoms with E-state index in [0.29, 0.717) is 0 Å². The third-order valence-corrected chi connectivity index (χ3v) is 7.26. The Balaban J connectivity index is 0.00000111. The van der Waals surface area contributed by atoms with Crippen LogP contribution in [-0.2, 0) is 0 Å². The molecule has 0 radical (unpaired) electrons. The van der Waals surface area contributed by atoms with Crippen molar-refractivity contribution >= 4 is 40.2 Å². The van der Waals surface area contributed by atoms with E-state index in [1.54, 1.807) is 0 Å². The van der Waals surface area contributed by atoms with Crippen LogP contribution in [0.3, 0.4) is 0 Å². The predicted octanol–water partition coefficient (Wildman–Crippen LogP) is 13.3. The average molecular weight is 589 g/mol. The Bertz CT molecular complexity index is 1720. The molecule has 0 atom stereocenters. The fourth-order valence-corrected chi connectivity index (χ4v) is 5.18. The lowest BCUT2D eigenvalue weighted by Gasteiger charge is -2.26. The Labute approximate surface area is 270 Å². The second-order valence-corrected chi connectivity index (χ2v) is 10.1. The van der Waals surface area contributed by atoms with Crippen molar-refractivity contribution in [3.05, 3.63) is 175 Å². The molecular weight excluding hydrogens is 544 g/mol. The highest BCUT2D eigenvalue weighted by molar-refractivity contribution is 5.81. The number of hydrogen-bond donors (Lipinski definition) is 0. The molecule has 6 rings (SSSR count). The van der Waals surface area contributed by atoms with Gasteiger partial charge >= 0.3 is 0 Å². The molecule has 0 aromatic heterocycles. The van der Waals surface area contributed by atoms with Crippen molar-refractivity contribution in [3.63, 3.8) is 0 Å². The van der Waals surface area contributed by atoms with Crippen LogP contribution >= 0.6 is 0 Å². The third-order valence-electron chi connectivity index (χ3n) is 7.26. The van der Waals surface area contributed by atoms with Gasteiger partial charge in [-0.25, -0.2) is 0 Å². The van der Waals surface area contributed by atoms with Crippen LogP contribution in [0.1, 0.15) is 38.8 Å². The first kappa shape index (κ1) is 32.6. The second kappa shape index (κ2) is 16.5. The molecule has 0 aliphatic carbocycles. The molecule has 226 valence electrons. The van der Waals surface area contributed by atoms with E-state index in [1.165, 1.54) is 16.7 Å². The Morgan fingerprint density at radius 1 is 0.400 bits per heavy atom. The van der Waals surface area contributed by atoms with Crippen LogP contribution in [0, 0.1) is 6.92 Å². The second-order valence-electron chi connectivity index (χ2n) is 10.1. The van der Waals surface area contributed by atoms with Crippen LogP contribution in [0.15, 0.2) is 164 Å². The first-order chi connectivity index (χ1) is 22.2. The molecule has 2 heteroatoms. The minimum absolute atomic E-state index is 1.11. The molecule has 45 heavy (non-hydrogen) atoms. The first-order valence-corrected chi connectivity index (χ1v) is 15.9. The summed E-state index contributed by atoms with van der Waals surface area (Å²) in [5, 5.41) is 0. The van der Waals surface area contributed by atoms with Crippen molar-refractivity contribution in [2.45, 2.75) is 34.6 Å². The summed E-state index contributed by atoms with van der Waals surface area (Å²) in [5.41, 5.74) is 11.4. The van der Waals surface area contributed by atoms with Gasteiger partial charge in [0.05, 0.1) is 0 Å². The number of rotatable bonds is 8. The number of hydrogen-bond acceptors (Lipinski definition) is 2. The van der Waals surface area contributed by atoms with Gasteiger partial charge in [0.2, 0.25) is 0 Å². The van der Waals surface area contributed by atoms with Gasteiger partial charge in [-0.1, -0.05) is 125 Å². The van der Waals surface area contributed by atoms with Crippen LogP contribution in [0.4, 0.5) is 34.1 Å². The average Bonchev–Trinajstić information content (AvgIpc) is 3.12. The molecule has 0 N–H and O–H groups in total. The number of benzene rings is 6. The topological polar surface area (TPSA) is 6.48 Å². The highest BCUT2D eigenvalue weighted by Gasteiger charge is 2.14. The molecule has 0 heterocycles. The van der Waals surface area contributed by atoms with Crippen molar-refractivity contribution in [3.8, 4) is 11.1 Å². The highest BCUT2D eigenvalue weighted by Crippen LogP contribution is 2.38. The first-order valence-electron chi connectivity index (χ1n) is 15.9. The largest absolute Gasteiger partial charge is 0.311 e. The summed E-state index contributed by atoms with van der Waals surface area (Å²) >= 11 is 0. The third kappa shape index (κ3) is 7.99. The summed E-state index contributed by atoms with van der Waals surface area (Å²) in [6.07, 6.45) is 1.87. The van der Waals surface area contributed by atoms with Crippen molar-refractivity contribution < 1.29 is 0 Å². The molecule has 0 amide bonds.